The predicted octanol–water partition coefficient (Wildman–Crippen LogP) is 2.38. The fourth-order valence-electron chi connectivity index (χ4n) is 3.13. The van der Waals surface area contributed by atoms with Gasteiger partial charge in [0.25, 0.3) is 5.91 Å². The summed E-state index contributed by atoms with van der Waals surface area (Å²) in [6, 6.07) is 11.7. The van der Waals surface area contributed by atoms with E-state index in [4.69, 9.17) is 4.98 Å². The maximum atomic E-state index is 12.9. The summed E-state index contributed by atoms with van der Waals surface area (Å²) in [5.41, 5.74) is 1.40. The molecule has 1 aromatic carbocycles. The minimum absolute atomic E-state index is 0.0371. The van der Waals surface area contributed by atoms with E-state index < -0.39 is 0 Å². The van der Waals surface area contributed by atoms with E-state index in [2.05, 4.69) is 21.8 Å². The highest BCUT2D eigenvalue weighted by Crippen LogP contribution is 2.22. The summed E-state index contributed by atoms with van der Waals surface area (Å²) >= 11 is 0. The molecule has 1 fully saturated rings. The summed E-state index contributed by atoms with van der Waals surface area (Å²) in [6.45, 7) is 9.10. The molecule has 0 aliphatic carbocycles. The van der Waals surface area contributed by atoms with Crippen LogP contribution in [0.25, 0.3) is 11.4 Å². The van der Waals surface area contributed by atoms with Crippen molar-refractivity contribution in [2.75, 3.05) is 51.2 Å². The third-order valence-corrected chi connectivity index (χ3v) is 4.84. The van der Waals surface area contributed by atoms with Crippen LogP contribution in [0.4, 0.5) is 5.82 Å². The fourth-order valence-corrected chi connectivity index (χ4v) is 3.13. The molecule has 1 aromatic heterocycles. The second-order valence-electron chi connectivity index (χ2n) is 6.57. The molecule has 0 atom stereocenters. The number of likely N-dealkylation sites (N-methyl/N-ethyl adjacent to an activating group) is 1. The van der Waals surface area contributed by atoms with Gasteiger partial charge in [0, 0.05) is 50.9 Å². The standard InChI is InChI=1S/C20H27N5O/c1-4-24(5-2)20(26)17-15-18(25-13-11-23(3)12-14-25)22-19(21-17)16-9-7-6-8-10-16/h6-10,15H,4-5,11-14H2,1-3H3. The number of anilines is 1. The Morgan fingerprint density at radius 2 is 1.69 bits per heavy atom. The molecule has 0 saturated carbocycles. The number of benzene rings is 1. The summed E-state index contributed by atoms with van der Waals surface area (Å²) in [5.74, 6) is 1.41. The van der Waals surface area contributed by atoms with Crippen molar-refractivity contribution in [1.82, 2.24) is 19.8 Å². The van der Waals surface area contributed by atoms with Crippen LogP contribution in [-0.2, 0) is 0 Å². The Morgan fingerprint density at radius 1 is 1.04 bits per heavy atom. The number of amides is 1. The monoisotopic (exact) mass is 353 g/mol. The van der Waals surface area contributed by atoms with Crippen LogP contribution in [0.2, 0.25) is 0 Å². The number of rotatable bonds is 5. The van der Waals surface area contributed by atoms with Gasteiger partial charge in [-0.2, -0.15) is 0 Å². The molecule has 1 aliphatic rings. The molecule has 1 amide bonds. The molecule has 1 saturated heterocycles. The summed E-state index contributed by atoms with van der Waals surface area (Å²) in [4.78, 5) is 28.6. The molecule has 6 nitrogen and oxygen atoms in total. The zero-order valence-electron chi connectivity index (χ0n) is 15.9. The number of hydrogen-bond acceptors (Lipinski definition) is 5. The zero-order valence-corrected chi connectivity index (χ0v) is 15.9. The fraction of sp³-hybridized carbons (Fsp3) is 0.450. The van der Waals surface area contributed by atoms with Crippen LogP contribution in [-0.4, -0.2) is 72.0 Å². The van der Waals surface area contributed by atoms with Gasteiger partial charge in [-0.15, -0.1) is 0 Å². The molecular formula is C20H27N5O. The Morgan fingerprint density at radius 3 is 2.31 bits per heavy atom. The highest BCUT2D eigenvalue weighted by Gasteiger charge is 2.21. The van der Waals surface area contributed by atoms with Gasteiger partial charge in [0.15, 0.2) is 5.82 Å². The summed E-state index contributed by atoms with van der Waals surface area (Å²) in [6.07, 6.45) is 0. The highest BCUT2D eigenvalue weighted by atomic mass is 16.2. The number of carbonyl (C=O) groups excluding carboxylic acids is 1. The predicted molar refractivity (Wildman–Crippen MR) is 104 cm³/mol. The maximum absolute atomic E-state index is 12.9. The topological polar surface area (TPSA) is 52.6 Å². The van der Waals surface area contributed by atoms with E-state index in [0.717, 1.165) is 37.6 Å². The molecular weight excluding hydrogens is 326 g/mol. The van der Waals surface area contributed by atoms with Crippen molar-refractivity contribution in [3.05, 3.63) is 42.1 Å². The van der Waals surface area contributed by atoms with Crippen molar-refractivity contribution in [1.29, 1.82) is 0 Å². The maximum Gasteiger partial charge on any atom is 0.272 e. The first-order valence-electron chi connectivity index (χ1n) is 9.29. The average Bonchev–Trinajstić information content (AvgIpc) is 2.69. The van der Waals surface area contributed by atoms with Gasteiger partial charge in [0.2, 0.25) is 0 Å². The molecule has 2 heterocycles. The first-order valence-corrected chi connectivity index (χ1v) is 9.29. The lowest BCUT2D eigenvalue weighted by molar-refractivity contribution is 0.0767. The molecule has 0 radical (unpaired) electrons. The van der Waals surface area contributed by atoms with E-state index >= 15 is 0 Å². The van der Waals surface area contributed by atoms with Crippen LogP contribution in [0.3, 0.4) is 0 Å². The van der Waals surface area contributed by atoms with Crippen LogP contribution in [0.15, 0.2) is 36.4 Å². The molecule has 138 valence electrons. The Bertz CT molecular complexity index is 737. The Balaban J connectivity index is 2.01. The van der Waals surface area contributed by atoms with Crippen LogP contribution < -0.4 is 4.90 Å². The van der Waals surface area contributed by atoms with Crippen LogP contribution >= 0.6 is 0 Å². The number of carbonyl (C=O) groups is 1. The van der Waals surface area contributed by atoms with Crippen molar-refractivity contribution in [3.63, 3.8) is 0 Å². The van der Waals surface area contributed by atoms with Gasteiger partial charge in [0.05, 0.1) is 0 Å². The van der Waals surface area contributed by atoms with Crippen LogP contribution in [0.5, 0.6) is 0 Å². The van der Waals surface area contributed by atoms with Crippen LogP contribution in [0.1, 0.15) is 24.3 Å². The van der Waals surface area contributed by atoms with Crippen molar-refractivity contribution < 1.29 is 4.79 Å². The molecule has 0 bridgehead atoms. The summed E-state index contributed by atoms with van der Waals surface area (Å²) in [5, 5.41) is 0. The quantitative estimate of drug-likeness (QED) is 0.826. The molecule has 1 aliphatic heterocycles. The molecule has 26 heavy (non-hydrogen) atoms. The van der Waals surface area contributed by atoms with Crippen molar-refractivity contribution >= 4 is 11.7 Å². The molecule has 3 rings (SSSR count). The molecule has 0 unspecified atom stereocenters. The van der Waals surface area contributed by atoms with Gasteiger partial charge in [-0.25, -0.2) is 9.97 Å². The van der Waals surface area contributed by atoms with Gasteiger partial charge in [-0.3, -0.25) is 4.79 Å². The van der Waals surface area contributed by atoms with E-state index in [1.54, 1.807) is 4.90 Å². The molecule has 0 spiro atoms. The number of hydrogen-bond donors (Lipinski definition) is 0. The lowest BCUT2D eigenvalue weighted by Crippen LogP contribution is -2.45. The van der Waals surface area contributed by atoms with E-state index in [1.165, 1.54) is 0 Å². The van der Waals surface area contributed by atoms with Crippen molar-refractivity contribution in [2.24, 2.45) is 0 Å². The minimum Gasteiger partial charge on any atom is -0.354 e. The first kappa shape index (κ1) is 18.3. The lowest BCUT2D eigenvalue weighted by atomic mass is 10.2. The summed E-state index contributed by atoms with van der Waals surface area (Å²) < 4.78 is 0. The van der Waals surface area contributed by atoms with Gasteiger partial charge < -0.3 is 14.7 Å². The number of piperazine rings is 1. The van der Waals surface area contributed by atoms with Gasteiger partial charge >= 0.3 is 0 Å². The third-order valence-electron chi connectivity index (χ3n) is 4.84. The zero-order chi connectivity index (χ0) is 18.5. The summed E-state index contributed by atoms with van der Waals surface area (Å²) in [7, 11) is 2.13. The van der Waals surface area contributed by atoms with Crippen LogP contribution in [0, 0.1) is 0 Å². The van der Waals surface area contributed by atoms with Gasteiger partial charge in [-0.05, 0) is 20.9 Å². The van der Waals surface area contributed by atoms with Gasteiger partial charge in [0.1, 0.15) is 11.5 Å². The Hall–Kier alpha value is -2.47. The SMILES string of the molecule is CCN(CC)C(=O)c1cc(N2CCN(C)CC2)nc(-c2ccccc2)n1. The average molecular weight is 353 g/mol. The van der Waals surface area contributed by atoms with Crippen molar-refractivity contribution in [2.45, 2.75) is 13.8 Å². The third kappa shape index (κ3) is 4.02. The molecule has 0 N–H and O–H groups in total. The van der Waals surface area contributed by atoms with E-state index in [0.29, 0.717) is 24.6 Å². The minimum atomic E-state index is -0.0371. The van der Waals surface area contributed by atoms with Gasteiger partial charge in [-0.1, -0.05) is 30.3 Å². The first-order chi connectivity index (χ1) is 12.6. The molecule has 6 heteroatoms. The smallest absolute Gasteiger partial charge is 0.272 e. The van der Waals surface area contributed by atoms with E-state index in [9.17, 15) is 4.79 Å². The van der Waals surface area contributed by atoms with E-state index in [-0.39, 0.29) is 5.91 Å². The second kappa shape index (κ2) is 8.27. The second-order valence-corrected chi connectivity index (χ2v) is 6.57. The Labute approximate surface area is 155 Å². The number of nitrogens with zero attached hydrogens (tertiary/aromatic N) is 5. The normalized spacial score (nSPS) is 15.1. The number of aromatic nitrogens is 2. The highest BCUT2D eigenvalue weighted by molar-refractivity contribution is 5.93. The van der Waals surface area contributed by atoms with Crippen molar-refractivity contribution in [3.8, 4) is 11.4 Å². The molecule has 2 aromatic rings. The van der Waals surface area contributed by atoms with E-state index in [1.807, 2.05) is 50.2 Å². The largest absolute Gasteiger partial charge is 0.354 e. The lowest BCUT2D eigenvalue weighted by Gasteiger charge is -2.33. The Kier molecular flexibility index (Phi) is 5.83.